The molecule has 0 radical (unpaired) electrons. The van der Waals surface area contributed by atoms with Crippen molar-refractivity contribution in [2.75, 3.05) is 11.4 Å². The van der Waals surface area contributed by atoms with Crippen molar-refractivity contribution in [3.05, 3.63) is 45.4 Å². The lowest BCUT2D eigenvalue weighted by Gasteiger charge is -2.30. The minimum atomic E-state index is -0.347. The summed E-state index contributed by atoms with van der Waals surface area (Å²) in [5, 5.41) is 0. The Bertz CT molecular complexity index is 890. The van der Waals surface area contributed by atoms with Gasteiger partial charge < -0.3 is 14.2 Å². The fourth-order valence-electron chi connectivity index (χ4n) is 3.77. The lowest BCUT2D eigenvalue weighted by molar-refractivity contribution is -0.142. The summed E-state index contributed by atoms with van der Waals surface area (Å²) in [6, 6.07) is 5.66. The highest BCUT2D eigenvalue weighted by molar-refractivity contribution is 9.10. The maximum absolute atomic E-state index is 13.2. The summed E-state index contributed by atoms with van der Waals surface area (Å²) < 4.78 is 8.09. The second-order valence-corrected chi connectivity index (χ2v) is 7.52. The number of esters is 1. The molecule has 0 atom stereocenters. The summed E-state index contributed by atoms with van der Waals surface area (Å²) in [6.45, 7) is 2.83. The van der Waals surface area contributed by atoms with Crippen molar-refractivity contribution in [3.8, 4) is 0 Å². The molecule has 2 heterocycles. The van der Waals surface area contributed by atoms with Crippen LogP contribution in [0.5, 0.6) is 0 Å². The first-order chi connectivity index (χ1) is 12.6. The van der Waals surface area contributed by atoms with Gasteiger partial charge in [-0.05, 0) is 37.8 Å². The fourth-order valence-corrected chi connectivity index (χ4v) is 4.24. The lowest BCUT2D eigenvalue weighted by atomic mass is 10.0. The second-order valence-electron chi connectivity index (χ2n) is 6.66. The molecule has 1 amide bonds. The summed E-state index contributed by atoms with van der Waals surface area (Å²) in [6.07, 6.45) is 4.26. The van der Waals surface area contributed by atoms with Gasteiger partial charge in [-0.3, -0.25) is 9.59 Å². The Morgan fingerprint density at radius 3 is 2.88 bits per heavy atom. The molecular weight excluding hydrogens is 398 g/mol. The van der Waals surface area contributed by atoms with Crippen molar-refractivity contribution < 1.29 is 14.3 Å². The van der Waals surface area contributed by atoms with E-state index in [1.165, 1.54) is 12.6 Å². The number of carbonyl (C=O) groups excluding carboxylic acids is 2. The molecule has 1 aliphatic heterocycles. The van der Waals surface area contributed by atoms with E-state index in [4.69, 9.17) is 4.74 Å². The number of aromatic nitrogens is 2. The molecule has 6 nitrogen and oxygen atoms in total. The minimum Gasteiger partial charge on any atom is -0.461 e. The van der Waals surface area contributed by atoms with E-state index in [1.807, 2.05) is 18.2 Å². The fraction of sp³-hybridized carbons (Fsp3) is 0.421. The highest BCUT2D eigenvalue weighted by Crippen LogP contribution is 2.32. The predicted octanol–water partition coefficient (Wildman–Crippen LogP) is 3.25. The van der Waals surface area contributed by atoms with E-state index in [0.717, 1.165) is 53.6 Å². The van der Waals surface area contributed by atoms with Gasteiger partial charge in [0.25, 0.3) is 5.91 Å². The zero-order valence-electron chi connectivity index (χ0n) is 14.6. The number of fused-ring (bicyclic) bond motifs is 3. The number of amides is 1. The van der Waals surface area contributed by atoms with E-state index in [0.29, 0.717) is 12.4 Å². The van der Waals surface area contributed by atoms with Gasteiger partial charge in [0.2, 0.25) is 0 Å². The second kappa shape index (κ2) is 6.87. The summed E-state index contributed by atoms with van der Waals surface area (Å²) >= 11 is 3.51. The standard InChI is InChI=1S/C19H20BrN3O3/c1-12(24)26-11-13-14(20)5-4-8-16(13)23-10-9-22-17-7-3-2-6-15(17)21-18(22)19(23)25/h4-5,8H,2-3,6-7,9-11H2,1H3. The van der Waals surface area contributed by atoms with Gasteiger partial charge in [-0.2, -0.15) is 0 Å². The Balaban J connectivity index is 1.70. The molecule has 4 rings (SSSR count). The van der Waals surface area contributed by atoms with Gasteiger partial charge in [0, 0.05) is 35.7 Å². The molecule has 0 spiro atoms. The third-order valence-corrected chi connectivity index (χ3v) is 5.76. The number of aryl methyl sites for hydroxylation is 1. The number of ether oxygens (including phenoxy) is 1. The molecule has 2 aliphatic rings. The number of hydrogen-bond acceptors (Lipinski definition) is 4. The average Bonchev–Trinajstić information content (AvgIpc) is 3.01. The number of hydrogen-bond donors (Lipinski definition) is 0. The molecule has 136 valence electrons. The first-order valence-electron chi connectivity index (χ1n) is 8.87. The van der Waals surface area contributed by atoms with Gasteiger partial charge in [-0.15, -0.1) is 0 Å². The Hall–Kier alpha value is -2.15. The van der Waals surface area contributed by atoms with Crippen LogP contribution in [0.4, 0.5) is 5.69 Å². The summed E-state index contributed by atoms with van der Waals surface area (Å²) in [7, 11) is 0. The first kappa shape index (κ1) is 17.3. The van der Waals surface area contributed by atoms with Crippen molar-refractivity contribution in [1.82, 2.24) is 9.55 Å². The van der Waals surface area contributed by atoms with Crippen LogP contribution in [0.15, 0.2) is 22.7 Å². The Labute approximate surface area is 160 Å². The van der Waals surface area contributed by atoms with Crippen LogP contribution in [0.1, 0.15) is 47.3 Å². The Morgan fingerprint density at radius 2 is 2.08 bits per heavy atom. The van der Waals surface area contributed by atoms with Crippen LogP contribution in [0.2, 0.25) is 0 Å². The number of benzene rings is 1. The number of halogens is 1. The SMILES string of the molecule is CC(=O)OCc1c(Br)cccc1N1CCn2c(nc3c2CCCC3)C1=O. The molecule has 0 bridgehead atoms. The Morgan fingerprint density at radius 1 is 1.27 bits per heavy atom. The summed E-state index contributed by atoms with van der Waals surface area (Å²) in [4.78, 5) is 30.8. The van der Waals surface area contributed by atoms with Crippen molar-refractivity contribution >= 4 is 33.5 Å². The normalized spacial score (nSPS) is 16.2. The average molecular weight is 418 g/mol. The Kier molecular flexibility index (Phi) is 4.56. The topological polar surface area (TPSA) is 64.4 Å². The largest absolute Gasteiger partial charge is 0.461 e. The highest BCUT2D eigenvalue weighted by Gasteiger charge is 2.32. The molecular formula is C19H20BrN3O3. The molecule has 1 aromatic carbocycles. The zero-order chi connectivity index (χ0) is 18.3. The zero-order valence-corrected chi connectivity index (χ0v) is 16.2. The number of anilines is 1. The maximum atomic E-state index is 13.2. The van der Waals surface area contributed by atoms with Crippen molar-refractivity contribution in [3.63, 3.8) is 0 Å². The summed E-state index contributed by atoms with van der Waals surface area (Å²) in [5.41, 5.74) is 3.86. The van der Waals surface area contributed by atoms with Crippen LogP contribution in [-0.2, 0) is 35.5 Å². The van der Waals surface area contributed by atoms with Gasteiger partial charge in [0.05, 0.1) is 11.4 Å². The van der Waals surface area contributed by atoms with Gasteiger partial charge >= 0.3 is 5.97 Å². The summed E-state index contributed by atoms with van der Waals surface area (Å²) in [5.74, 6) is 0.0919. The molecule has 26 heavy (non-hydrogen) atoms. The third-order valence-electron chi connectivity index (χ3n) is 5.02. The van der Waals surface area contributed by atoms with E-state index in [-0.39, 0.29) is 18.5 Å². The monoisotopic (exact) mass is 417 g/mol. The molecule has 1 aromatic heterocycles. The molecule has 0 N–H and O–H groups in total. The molecule has 2 aromatic rings. The van der Waals surface area contributed by atoms with Gasteiger partial charge in [-0.1, -0.05) is 22.0 Å². The van der Waals surface area contributed by atoms with Gasteiger partial charge in [-0.25, -0.2) is 4.98 Å². The van der Waals surface area contributed by atoms with Crippen LogP contribution >= 0.6 is 15.9 Å². The van der Waals surface area contributed by atoms with Crippen molar-refractivity contribution in [2.45, 2.75) is 45.8 Å². The van der Waals surface area contributed by atoms with Crippen LogP contribution < -0.4 is 4.90 Å². The quantitative estimate of drug-likeness (QED) is 0.718. The van der Waals surface area contributed by atoms with Crippen LogP contribution in [0.3, 0.4) is 0 Å². The first-order valence-corrected chi connectivity index (χ1v) is 9.66. The van der Waals surface area contributed by atoms with Crippen LogP contribution in [0.25, 0.3) is 0 Å². The third kappa shape index (κ3) is 2.94. The number of rotatable bonds is 3. The van der Waals surface area contributed by atoms with E-state index < -0.39 is 0 Å². The molecule has 0 fully saturated rings. The minimum absolute atomic E-state index is 0.0900. The molecule has 0 saturated carbocycles. The van der Waals surface area contributed by atoms with E-state index in [2.05, 4.69) is 25.5 Å². The van der Waals surface area contributed by atoms with Gasteiger partial charge in [0.1, 0.15) is 6.61 Å². The van der Waals surface area contributed by atoms with Crippen LogP contribution in [-0.4, -0.2) is 28.0 Å². The number of imidazole rings is 1. The maximum Gasteiger partial charge on any atom is 0.302 e. The molecule has 1 aliphatic carbocycles. The molecule has 0 saturated heterocycles. The molecule has 0 unspecified atom stereocenters. The van der Waals surface area contributed by atoms with Crippen molar-refractivity contribution in [2.24, 2.45) is 0 Å². The molecule has 7 heteroatoms. The van der Waals surface area contributed by atoms with Crippen molar-refractivity contribution in [1.29, 1.82) is 0 Å². The predicted molar refractivity (Wildman–Crippen MR) is 100 cm³/mol. The highest BCUT2D eigenvalue weighted by atomic mass is 79.9. The van der Waals surface area contributed by atoms with E-state index in [9.17, 15) is 9.59 Å². The number of carbonyl (C=O) groups is 2. The van der Waals surface area contributed by atoms with E-state index >= 15 is 0 Å². The number of nitrogens with zero attached hydrogens (tertiary/aromatic N) is 3. The van der Waals surface area contributed by atoms with E-state index in [1.54, 1.807) is 4.90 Å². The van der Waals surface area contributed by atoms with Crippen LogP contribution in [0, 0.1) is 0 Å². The smallest absolute Gasteiger partial charge is 0.302 e. The lowest BCUT2D eigenvalue weighted by Crippen LogP contribution is -2.41. The van der Waals surface area contributed by atoms with Gasteiger partial charge in [0.15, 0.2) is 5.82 Å².